The second-order valence-corrected chi connectivity index (χ2v) is 2.31. The summed E-state index contributed by atoms with van der Waals surface area (Å²) in [5.74, 6) is 2.34. The fourth-order valence-electron chi connectivity index (χ4n) is 0.534. The summed E-state index contributed by atoms with van der Waals surface area (Å²) in [5, 5.41) is 7.12. The first-order chi connectivity index (χ1) is 6.88. The van der Waals surface area contributed by atoms with Crippen molar-refractivity contribution in [3.63, 3.8) is 0 Å². The van der Waals surface area contributed by atoms with Crippen molar-refractivity contribution in [3.8, 4) is 0 Å². The smallest absolute Gasteiger partial charge is 0.475 e. The number of anilines is 1. The van der Waals surface area contributed by atoms with Crippen LogP contribution in [0.2, 0.25) is 0 Å². The van der Waals surface area contributed by atoms with Gasteiger partial charge in [-0.1, -0.05) is 18.2 Å². The van der Waals surface area contributed by atoms with Crippen LogP contribution >= 0.6 is 0 Å². The topological polar surface area (TPSA) is 75.3 Å². The number of hydrazine groups is 1. The lowest BCUT2D eigenvalue weighted by Gasteiger charge is -1.94. The third kappa shape index (κ3) is 6.33. The van der Waals surface area contributed by atoms with Crippen LogP contribution in [0.5, 0.6) is 0 Å². The second kappa shape index (κ2) is 5.86. The van der Waals surface area contributed by atoms with E-state index in [1.54, 1.807) is 0 Å². The lowest BCUT2D eigenvalue weighted by atomic mass is 10.3. The first-order valence-electron chi connectivity index (χ1n) is 3.69. The van der Waals surface area contributed by atoms with Gasteiger partial charge in [-0.2, -0.15) is 13.2 Å². The minimum absolute atomic E-state index is 0.938. The van der Waals surface area contributed by atoms with E-state index in [-0.39, 0.29) is 0 Å². The average molecular weight is 222 g/mol. The molecule has 1 rings (SSSR count). The SMILES string of the molecule is NNc1ccccc1.O=C(O)C(F)(F)F. The molecule has 0 saturated heterocycles. The normalized spacial score (nSPS) is 9.87. The molecule has 0 aromatic heterocycles. The Morgan fingerprint density at radius 2 is 1.67 bits per heavy atom. The molecule has 0 radical (unpaired) electrons. The molecule has 0 atom stereocenters. The number of carboxylic acid groups (broad SMARTS) is 1. The zero-order valence-electron chi connectivity index (χ0n) is 7.45. The van der Waals surface area contributed by atoms with Crippen LogP contribution < -0.4 is 11.3 Å². The molecule has 0 amide bonds. The highest BCUT2D eigenvalue weighted by molar-refractivity contribution is 5.73. The van der Waals surface area contributed by atoms with E-state index >= 15 is 0 Å². The number of benzene rings is 1. The third-order valence-electron chi connectivity index (χ3n) is 1.18. The Kier molecular flexibility index (Phi) is 5.18. The number of carbonyl (C=O) groups is 1. The van der Waals surface area contributed by atoms with Gasteiger partial charge >= 0.3 is 12.1 Å². The van der Waals surface area contributed by atoms with Gasteiger partial charge in [0.25, 0.3) is 0 Å². The number of para-hydroxylation sites is 1. The predicted molar refractivity (Wildman–Crippen MR) is 47.9 cm³/mol. The van der Waals surface area contributed by atoms with Crippen LogP contribution in [0, 0.1) is 0 Å². The van der Waals surface area contributed by atoms with Crippen LogP contribution in [0.15, 0.2) is 30.3 Å². The number of alkyl halides is 3. The van der Waals surface area contributed by atoms with Crippen molar-refractivity contribution < 1.29 is 23.1 Å². The zero-order chi connectivity index (χ0) is 11.9. The number of rotatable bonds is 1. The van der Waals surface area contributed by atoms with Crippen LogP contribution in [0.3, 0.4) is 0 Å². The fourth-order valence-corrected chi connectivity index (χ4v) is 0.534. The molecular formula is C8H9F3N2O2. The molecule has 0 heterocycles. The van der Waals surface area contributed by atoms with Gasteiger partial charge in [-0.3, -0.25) is 5.84 Å². The van der Waals surface area contributed by atoms with E-state index < -0.39 is 12.1 Å². The number of halogens is 3. The number of nitrogens with one attached hydrogen (secondary N) is 1. The van der Waals surface area contributed by atoms with Gasteiger partial charge < -0.3 is 10.5 Å². The Balaban J connectivity index is 0.000000265. The number of carboxylic acids is 1. The maximum Gasteiger partial charge on any atom is 0.490 e. The number of aliphatic carboxylic acids is 1. The van der Waals surface area contributed by atoms with E-state index in [9.17, 15) is 13.2 Å². The summed E-state index contributed by atoms with van der Waals surface area (Å²) in [6.07, 6.45) is -5.08. The first kappa shape index (κ1) is 13.2. The first-order valence-corrected chi connectivity index (χ1v) is 3.69. The molecule has 15 heavy (non-hydrogen) atoms. The number of hydrogen-bond donors (Lipinski definition) is 3. The van der Waals surface area contributed by atoms with Crippen molar-refractivity contribution >= 4 is 11.7 Å². The lowest BCUT2D eigenvalue weighted by molar-refractivity contribution is -0.192. The lowest BCUT2D eigenvalue weighted by Crippen LogP contribution is -2.21. The zero-order valence-corrected chi connectivity index (χ0v) is 7.45. The second-order valence-electron chi connectivity index (χ2n) is 2.31. The summed E-state index contributed by atoms with van der Waals surface area (Å²) in [5.41, 5.74) is 3.46. The van der Waals surface area contributed by atoms with Crippen molar-refractivity contribution in [2.24, 2.45) is 5.84 Å². The van der Waals surface area contributed by atoms with Crippen molar-refractivity contribution in [2.75, 3.05) is 5.43 Å². The molecular weight excluding hydrogens is 213 g/mol. The molecule has 1 aromatic carbocycles. The van der Waals surface area contributed by atoms with Gasteiger partial charge in [0.2, 0.25) is 0 Å². The van der Waals surface area contributed by atoms with Crippen LogP contribution in [-0.2, 0) is 4.79 Å². The Hall–Kier alpha value is -1.76. The van der Waals surface area contributed by atoms with Crippen LogP contribution in [-0.4, -0.2) is 17.3 Å². The Morgan fingerprint density at radius 3 is 1.87 bits per heavy atom. The molecule has 1 aromatic rings. The van der Waals surface area contributed by atoms with Gasteiger partial charge in [-0.15, -0.1) is 0 Å². The van der Waals surface area contributed by atoms with E-state index in [4.69, 9.17) is 15.7 Å². The largest absolute Gasteiger partial charge is 0.490 e. The molecule has 0 aliphatic carbocycles. The minimum atomic E-state index is -5.08. The average Bonchev–Trinajstić information content (AvgIpc) is 2.18. The van der Waals surface area contributed by atoms with Gasteiger partial charge in [0.15, 0.2) is 0 Å². The molecule has 0 unspecified atom stereocenters. The van der Waals surface area contributed by atoms with Gasteiger partial charge in [-0.25, -0.2) is 4.79 Å². The number of nitrogens with two attached hydrogens (primary N) is 1. The molecule has 4 nitrogen and oxygen atoms in total. The molecule has 4 N–H and O–H groups in total. The molecule has 0 saturated carbocycles. The van der Waals surface area contributed by atoms with Crippen molar-refractivity contribution in [2.45, 2.75) is 6.18 Å². The maximum absolute atomic E-state index is 10.6. The van der Waals surface area contributed by atoms with Crippen LogP contribution in [0.4, 0.5) is 18.9 Å². The Bertz CT molecular complexity index is 301. The minimum Gasteiger partial charge on any atom is -0.475 e. The molecule has 0 bridgehead atoms. The van der Waals surface area contributed by atoms with Gasteiger partial charge in [0.05, 0.1) is 0 Å². The summed E-state index contributed by atoms with van der Waals surface area (Å²) in [6.45, 7) is 0. The van der Waals surface area contributed by atoms with Crippen molar-refractivity contribution in [1.82, 2.24) is 0 Å². The molecule has 7 heteroatoms. The summed E-state index contributed by atoms with van der Waals surface area (Å²) in [7, 11) is 0. The summed E-state index contributed by atoms with van der Waals surface area (Å²) < 4.78 is 31.7. The maximum atomic E-state index is 10.6. The van der Waals surface area contributed by atoms with E-state index in [0.29, 0.717) is 0 Å². The quantitative estimate of drug-likeness (QED) is 0.498. The van der Waals surface area contributed by atoms with E-state index in [0.717, 1.165) is 5.69 Å². The van der Waals surface area contributed by atoms with Gasteiger partial charge in [0, 0.05) is 5.69 Å². The Morgan fingerprint density at radius 1 is 1.27 bits per heavy atom. The highest BCUT2D eigenvalue weighted by atomic mass is 19.4. The van der Waals surface area contributed by atoms with Gasteiger partial charge in [0.1, 0.15) is 0 Å². The van der Waals surface area contributed by atoms with Crippen LogP contribution in [0.25, 0.3) is 0 Å². The van der Waals surface area contributed by atoms with Crippen molar-refractivity contribution in [1.29, 1.82) is 0 Å². The van der Waals surface area contributed by atoms with Gasteiger partial charge in [-0.05, 0) is 12.1 Å². The van der Waals surface area contributed by atoms with E-state index in [1.807, 2.05) is 30.3 Å². The summed E-state index contributed by atoms with van der Waals surface area (Å²) in [4.78, 5) is 8.90. The van der Waals surface area contributed by atoms with Crippen molar-refractivity contribution in [3.05, 3.63) is 30.3 Å². The van der Waals surface area contributed by atoms with E-state index in [2.05, 4.69) is 5.43 Å². The molecule has 0 aliphatic heterocycles. The molecule has 0 spiro atoms. The highest BCUT2D eigenvalue weighted by Crippen LogP contribution is 2.13. The summed E-state index contributed by atoms with van der Waals surface area (Å²) >= 11 is 0. The number of nitrogen functional groups attached to an aromatic ring is 1. The van der Waals surface area contributed by atoms with Crippen LogP contribution in [0.1, 0.15) is 0 Å². The number of hydrogen-bond acceptors (Lipinski definition) is 3. The molecule has 0 aliphatic rings. The third-order valence-corrected chi connectivity index (χ3v) is 1.18. The predicted octanol–water partition coefficient (Wildman–Crippen LogP) is 1.61. The van der Waals surface area contributed by atoms with E-state index in [1.165, 1.54) is 0 Å². The molecule has 0 fully saturated rings. The fraction of sp³-hybridized carbons (Fsp3) is 0.125. The highest BCUT2D eigenvalue weighted by Gasteiger charge is 2.38. The summed E-state index contributed by atoms with van der Waals surface area (Å²) in [6, 6.07) is 9.60. The molecule has 84 valence electrons. The monoisotopic (exact) mass is 222 g/mol. The standard InChI is InChI=1S/C6H8N2.C2HF3O2/c7-8-6-4-2-1-3-5-6;3-2(4,5)1(6)7/h1-5,8H,7H2;(H,6,7). The Labute approximate surface area is 83.5 Å².